The van der Waals surface area contributed by atoms with Crippen molar-refractivity contribution in [3.8, 4) is 5.75 Å². The Morgan fingerprint density at radius 2 is 1.79 bits per heavy atom. The molecule has 6 heteroatoms. The molecule has 1 N–H and O–H groups in total. The zero-order valence-corrected chi connectivity index (χ0v) is 17.3. The lowest BCUT2D eigenvalue weighted by atomic mass is 10.1. The number of amides is 1. The fourth-order valence-corrected chi connectivity index (χ4v) is 2.93. The number of hydrogen-bond donors (Lipinski definition) is 1. The van der Waals surface area contributed by atoms with E-state index >= 15 is 0 Å². The zero-order chi connectivity index (χ0) is 19.8. The maximum atomic E-state index is 12.1. The van der Waals surface area contributed by atoms with Crippen molar-refractivity contribution in [1.82, 2.24) is 5.43 Å². The largest absolute Gasteiger partial charge is 0.488 e. The Morgan fingerprint density at radius 3 is 2.54 bits per heavy atom. The smallest absolute Gasteiger partial charge is 0.244 e. The summed E-state index contributed by atoms with van der Waals surface area (Å²) in [5.41, 5.74) is 5.19. The summed E-state index contributed by atoms with van der Waals surface area (Å²) in [7, 11) is 0. The molecule has 0 radical (unpaired) electrons. The van der Waals surface area contributed by atoms with Crippen molar-refractivity contribution in [3.63, 3.8) is 0 Å². The zero-order valence-electron chi connectivity index (χ0n) is 14.9. The van der Waals surface area contributed by atoms with E-state index < -0.39 is 0 Å². The molecule has 0 saturated carbocycles. The number of halogens is 2. The molecule has 0 atom stereocenters. The van der Waals surface area contributed by atoms with Gasteiger partial charge in [-0.1, -0.05) is 70.0 Å². The van der Waals surface area contributed by atoms with Crippen LogP contribution in [0.3, 0.4) is 0 Å². The number of hydrazone groups is 1. The van der Waals surface area contributed by atoms with Gasteiger partial charge in [-0.3, -0.25) is 4.79 Å². The first-order valence-electron chi connectivity index (χ1n) is 8.63. The fourth-order valence-electron chi connectivity index (χ4n) is 2.49. The molecule has 4 nitrogen and oxygen atoms in total. The van der Waals surface area contributed by atoms with E-state index in [2.05, 4.69) is 26.5 Å². The summed E-state index contributed by atoms with van der Waals surface area (Å²) in [6, 6.07) is 22.7. The van der Waals surface area contributed by atoms with Crippen LogP contribution in [0.5, 0.6) is 5.75 Å². The number of carbonyl (C=O) groups is 1. The van der Waals surface area contributed by atoms with E-state index in [1.807, 2.05) is 54.6 Å². The Kier molecular flexibility index (Phi) is 7.23. The topological polar surface area (TPSA) is 50.7 Å². The molecule has 0 bridgehead atoms. The molecular weight excluding hydrogens is 440 g/mol. The standard InChI is InChI=1S/C22H18BrClN2O2/c23-19-8-6-16(7-9-19)12-22(27)26-25-14-18-13-20(24)10-11-21(18)28-15-17-4-2-1-3-5-17/h1-11,13-14H,12,15H2,(H,26,27)/b25-14+. The van der Waals surface area contributed by atoms with Gasteiger partial charge < -0.3 is 4.74 Å². The van der Waals surface area contributed by atoms with Gasteiger partial charge in [-0.25, -0.2) is 5.43 Å². The predicted molar refractivity (Wildman–Crippen MR) is 116 cm³/mol. The third kappa shape index (κ3) is 6.22. The summed E-state index contributed by atoms with van der Waals surface area (Å²) in [5, 5.41) is 4.60. The number of ether oxygens (including phenoxy) is 1. The van der Waals surface area contributed by atoms with E-state index in [4.69, 9.17) is 16.3 Å². The minimum atomic E-state index is -0.202. The normalized spacial score (nSPS) is 10.8. The molecule has 0 aliphatic carbocycles. The van der Waals surface area contributed by atoms with Crippen LogP contribution in [0.1, 0.15) is 16.7 Å². The lowest BCUT2D eigenvalue weighted by Gasteiger charge is -2.09. The van der Waals surface area contributed by atoms with Crippen molar-refractivity contribution >= 4 is 39.7 Å². The number of rotatable bonds is 7. The van der Waals surface area contributed by atoms with Crippen LogP contribution in [-0.4, -0.2) is 12.1 Å². The van der Waals surface area contributed by atoms with Crippen LogP contribution >= 0.6 is 27.5 Å². The molecule has 3 aromatic carbocycles. The summed E-state index contributed by atoms with van der Waals surface area (Å²) in [5.74, 6) is 0.437. The van der Waals surface area contributed by atoms with Crippen LogP contribution in [0.4, 0.5) is 0 Å². The molecule has 0 aliphatic heterocycles. The third-order valence-electron chi connectivity index (χ3n) is 3.88. The van der Waals surface area contributed by atoms with Crippen molar-refractivity contribution < 1.29 is 9.53 Å². The highest BCUT2D eigenvalue weighted by Gasteiger charge is 2.05. The molecule has 0 spiro atoms. The Balaban J connectivity index is 1.61. The molecule has 0 saturated heterocycles. The second-order valence-corrected chi connectivity index (χ2v) is 7.40. The quantitative estimate of drug-likeness (QED) is 0.383. The van der Waals surface area contributed by atoms with Gasteiger partial charge in [0.25, 0.3) is 0 Å². The number of nitrogens with zero attached hydrogens (tertiary/aromatic N) is 1. The van der Waals surface area contributed by atoms with Gasteiger partial charge in [0.05, 0.1) is 12.6 Å². The molecule has 0 heterocycles. The first-order chi connectivity index (χ1) is 13.6. The van der Waals surface area contributed by atoms with E-state index in [0.29, 0.717) is 22.9 Å². The number of hydrogen-bond acceptors (Lipinski definition) is 3. The van der Waals surface area contributed by atoms with E-state index in [9.17, 15) is 4.79 Å². The summed E-state index contributed by atoms with van der Waals surface area (Å²) in [4.78, 5) is 12.1. The minimum absolute atomic E-state index is 0.202. The minimum Gasteiger partial charge on any atom is -0.488 e. The van der Waals surface area contributed by atoms with Gasteiger partial charge in [-0.15, -0.1) is 0 Å². The maximum Gasteiger partial charge on any atom is 0.244 e. The highest BCUT2D eigenvalue weighted by atomic mass is 79.9. The Morgan fingerprint density at radius 1 is 1.04 bits per heavy atom. The van der Waals surface area contributed by atoms with Crippen molar-refractivity contribution in [2.24, 2.45) is 5.10 Å². The molecule has 0 aliphatic rings. The third-order valence-corrected chi connectivity index (χ3v) is 4.64. The number of benzene rings is 3. The van der Waals surface area contributed by atoms with E-state index in [0.717, 1.165) is 15.6 Å². The van der Waals surface area contributed by atoms with Gasteiger partial charge in [0.15, 0.2) is 0 Å². The van der Waals surface area contributed by atoms with E-state index in [-0.39, 0.29) is 12.3 Å². The molecule has 1 amide bonds. The van der Waals surface area contributed by atoms with E-state index in [1.54, 1.807) is 18.2 Å². The van der Waals surface area contributed by atoms with E-state index in [1.165, 1.54) is 6.21 Å². The number of nitrogens with one attached hydrogen (secondary N) is 1. The van der Waals surface area contributed by atoms with Crippen molar-refractivity contribution in [2.45, 2.75) is 13.0 Å². The summed E-state index contributed by atoms with van der Waals surface area (Å²) >= 11 is 9.46. The summed E-state index contributed by atoms with van der Waals surface area (Å²) in [6.45, 7) is 0.430. The summed E-state index contributed by atoms with van der Waals surface area (Å²) < 4.78 is 6.85. The van der Waals surface area contributed by atoms with Gasteiger partial charge in [-0.05, 0) is 41.5 Å². The number of carbonyl (C=O) groups excluding carboxylic acids is 1. The average molecular weight is 458 g/mol. The van der Waals surface area contributed by atoms with Crippen LogP contribution in [0.25, 0.3) is 0 Å². The van der Waals surface area contributed by atoms with Crippen LogP contribution in [0.15, 0.2) is 82.4 Å². The molecule has 28 heavy (non-hydrogen) atoms. The lowest BCUT2D eigenvalue weighted by molar-refractivity contribution is -0.120. The molecule has 0 unspecified atom stereocenters. The monoisotopic (exact) mass is 456 g/mol. The Bertz CT molecular complexity index is 960. The maximum absolute atomic E-state index is 12.1. The highest BCUT2D eigenvalue weighted by Crippen LogP contribution is 2.22. The van der Waals surface area contributed by atoms with Crippen LogP contribution in [0, 0.1) is 0 Å². The Labute approximate surface area is 177 Å². The Hall–Kier alpha value is -2.63. The van der Waals surface area contributed by atoms with Gasteiger partial charge in [0.2, 0.25) is 5.91 Å². The molecule has 3 rings (SSSR count). The lowest BCUT2D eigenvalue weighted by Crippen LogP contribution is -2.19. The molecular formula is C22H18BrClN2O2. The molecule has 3 aromatic rings. The molecule has 0 aromatic heterocycles. The van der Waals surface area contributed by atoms with Crippen LogP contribution < -0.4 is 10.2 Å². The van der Waals surface area contributed by atoms with Crippen molar-refractivity contribution in [3.05, 3.63) is 99.0 Å². The summed E-state index contributed by atoms with van der Waals surface area (Å²) in [6.07, 6.45) is 1.78. The van der Waals surface area contributed by atoms with Crippen LogP contribution in [0.2, 0.25) is 5.02 Å². The van der Waals surface area contributed by atoms with Crippen LogP contribution in [-0.2, 0) is 17.8 Å². The molecule has 0 fully saturated rings. The highest BCUT2D eigenvalue weighted by molar-refractivity contribution is 9.10. The average Bonchev–Trinajstić information content (AvgIpc) is 2.70. The second kappa shape index (κ2) is 10.1. The van der Waals surface area contributed by atoms with Crippen molar-refractivity contribution in [1.29, 1.82) is 0 Å². The SMILES string of the molecule is O=C(Cc1ccc(Br)cc1)N/N=C/c1cc(Cl)ccc1OCc1ccccc1. The second-order valence-electron chi connectivity index (χ2n) is 6.05. The van der Waals surface area contributed by atoms with Gasteiger partial charge >= 0.3 is 0 Å². The van der Waals surface area contributed by atoms with Gasteiger partial charge in [-0.2, -0.15) is 5.10 Å². The first-order valence-corrected chi connectivity index (χ1v) is 9.80. The van der Waals surface area contributed by atoms with Gasteiger partial charge in [0, 0.05) is 15.1 Å². The van der Waals surface area contributed by atoms with Crippen molar-refractivity contribution in [2.75, 3.05) is 0 Å². The fraction of sp³-hybridized carbons (Fsp3) is 0.0909. The van der Waals surface area contributed by atoms with Gasteiger partial charge in [0.1, 0.15) is 12.4 Å². The first kappa shape index (κ1) is 20.1. The predicted octanol–water partition coefficient (Wildman–Crippen LogP) is 5.37. The molecule has 142 valence electrons.